The second-order valence-electron chi connectivity index (χ2n) is 7.88. The molecule has 136 valence electrons. The van der Waals surface area contributed by atoms with Crippen molar-refractivity contribution in [2.24, 2.45) is 0 Å². The van der Waals surface area contributed by atoms with Crippen LogP contribution < -0.4 is 3.27 Å². The van der Waals surface area contributed by atoms with Gasteiger partial charge in [0, 0.05) is 0 Å². The molecule has 0 aliphatic heterocycles. The van der Waals surface area contributed by atoms with E-state index in [0.717, 1.165) is 12.8 Å². The van der Waals surface area contributed by atoms with E-state index in [1.807, 2.05) is 0 Å². The molecular formula is C27H24Zr. The minimum atomic E-state index is -2.21. The van der Waals surface area contributed by atoms with Crippen LogP contribution in [0.4, 0.5) is 0 Å². The molecule has 0 unspecified atom stereocenters. The van der Waals surface area contributed by atoms with Crippen molar-refractivity contribution in [2.45, 2.75) is 26.7 Å². The van der Waals surface area contributed by atoms with Crippen molar-refractivity contribution in [1.82, 2.24) is 0 Å². The van der Waals surface area contributed by atoms with Gasteiger partial charge in [0.2, 0.25) is 0 Å². The van der Waals surface area contributed by atoms with E-state index in [1.165, 1.54) is 27.8 Å². The Morgan fingerprint density at radius 1 is 0.786 bits per heavy atom. The zero-order valence-electron chi connectivity index (χ0n) is 16.5. The normalized spacial score (nSPS) is 15.5. The van der Waals surface area contributed by atoms with Gasteiger partial charge in [0.25, 0.3) is 0 Å². The van der Waals surface area contributed by atoms with Gasteiger partial charge in [-0.05, 0) is 0 Å². The van der Waals surface area contributed by atoms with Gasteiger partial charge in [-0.3, -0.25) is 0 Å². The maximum atomic E-state index is 2.66. The van der Waals surface area contributed by atoms with Crippen molar-refractivity contribution in [2.75, 3.05) is 0 Å². The first-order chi connectivity index (χ1) is 13.7. The molecule has 2 aliphatic carbocycles. The van der Waals surface area contributed by atoms with E-state index < -0.39 is 21.3 Å². The zero-order valence-corrected chi connectivity index (χ0v) is 19.0. The maximum absolute atomic E-state index is 2.66. The van der Waals surface area contributed by atoms with Crippen LogP contribution in [0.2, 0.25) is 0 Å². The van der Waals surface area contributed by atoms with Gasteiger partial charge < -0.3 is 0 Å². The van der Waals surface area contributed by atoms with Crippen molar-refractivity contribution >= 4 is 6.98 Å². The van der Waals surface area contributed by atoms with E-state index >= 15 is 0 Å². The van der Waals surface area contributed by atoms with Gasteiger partial charge in [0.1, 0.15) is 0 Å². The fourth-order valence-electron chi connectivity index (χ4n) is 4.70. The monoisotopic (exact) mass is 438 g/mol. The van der Waals surface area contributed by atoms with Gasteiger partial charge >= 0.3 is 176 Å². The summed E-state index contributed by atoms with van der Waals surface area (Å²) in [4.78, 5) is 0. The van der Waals surface area contributed by atoms with E-state index in [0.29, 0.717) is 0 Å². The molecule has 5 rings (SSSR count). The number of rotatable bonds is 3. The molecule has 0 nitrogen and oxygen atoms in total. The summed E-state index contributed by atoms with van der Waals surface area (Å²) in [5.41, 5.74) is 10.5. The molecule has 0 amide bonds. The third-order valence-corrected chi connectivity index (χ3v) is 13.5. The number of benzene rings is 3. The van der Waals surface area contributed by atoms with E-state index in [9.17, 15) is 0 Å². The fourth-order valence-corrected chi connectivity index (χ4v) is 12.1. The van der Waals surface area contributed by atoms with E-state index in [1.54, 1.807) is 17.7 Å². The first kappa shape index (κ1) is 18.0. The van der Waals surface area contributed by atoms with Gasteiger partial charge in [0.05, 0.1) is 0 Å². The summed E-state index contributed by atoms with van der Waals surface area (Å²) in [5, 5.41) is 0. The molecule has 0 atom stereocenters. The third-order valence-electron chi connectivity index (χ3n) is 6.06. The van der Waals surface area contributed by atoms with Gasteiger partial charge in [0.15, 0.2) is 0 Å². The molecule has 0 radical (unpaired) electrons. The Kier molecular flexibility index (Phi) is 4.73. The predicted molar refractivity (Wildman–Crippen MR) is 117 cm³/mol. The average Bonchev–Trinajstić information content (AvgIpc) is 3.27. The number of allylic oxidation sites excluding steroid dienone is 4. The van der Waals surface area contributed by atoms with Gasteiger partial charge in [-0.2, -0.15) is 0 Å². The molecule has 0 N–H and O–H groups in total. The molecule has 0 heterocycles. The molecule has 0 bridgehead atoms. The average molecular weight is 440 g/mol. The van der Waals surface area contributed by atoms with Crippen LogP contribution in [-0.4, -0.2) is 3.71 Å². The SMILES string of the molecule is CC1=CCC(C)=[C]1[Zr](=[CH]c1ccccc1)[c]1cccc2c1Cc1ccccc1-2. The zero-order chi connectivity index (χ0) is 19.1. The second kappa shape index (κ2) is 7.38. The van der Waals surface area contributed by atoms with Crippen molar-refractivity contribution in [1.29, 1.82) is 0 Å². The summed E-state index contributed by atoms with van der Waals surface area (Å²) in [6, 6.07) is 27.0. The Labute approximate surface area is 175 Å². The fraction of sp³-hybridized carbons (Fsp3) is 0.148. The van der Waals surface area contributed by atoms with Gasteiger partial charge in [-0.25, -0.2) is 0 Å². The molecule has 1 heteroatoms. The number of fused-ring (bicyclic) bond motifs is 3. The Balaban J connectivity index is 1.74. The molecule has 3 aromatic carbocycles. The molecule has 0 spiro atoms. The molecule has 0 saturated heterocycles. The number of hydrogen-bond acceptors (Lipinski definition) is 0. The summed E-state index contributed by atoms with van der Waals surface area (Å²) in [7, 11) is 0. The minimum absolute atomic E-state index is 1.09. The van der Waals surface area contributed by atoms with Crippen LogP contribution in [0.5, 0.6) is 0 Å². The van der Waals surface area contributed by atoms with Gasteiger partial charge in [-0.15, -0.1) is 0 Å². The summed E-state index contributed by atoms with van der Waals surface area (Å²) >= 11 is -2.21. The first-order valence-electron chi connectivity index (χ1n) is 10.1. The quantitative estimate of drug-likeness (QED) is 0.369. The van der Waals surface area contributed by atoms with Crippen LogP contribution in [0.25, 0.3) is 11.1 Å². The summed E-state index contributed by atoms with van der Waals surface area (Å²) in [6.07, 6.45) is 4.65. The van der Waals surface area contributed by atoms with E-state index in [-0.39, 0.29) is 0 Å². The van der Waals surface area contributed by atoms with Gasteiger partial charge in [-0.1, -0.05) is 0 Å². The Bertz CT molecular complexity index is 1160. The van der Waals surface area contributed by atoms with Crippen molar-refractivity contribution in [3.05, 3.63) is 110 Å². The Hall–Kier alpha value is -2.11. The van der Waals surface area contributed by atoms with E-state index in [4.69, 9.17) is 0 Å². The van der Waals surface area contributed by atoms with Crippen molar-refractivity contribution in [3.8, 4) is 11.1 Å². The van der Waals surface area contributed by atoms with Crippen molar-refractivity contribution < 1.29 is 21.3 Å². The topological polar surface area (TPSA) is 0 Å². The van der Waals surface area contributed by atoms with Crippen LogP contribution in [-0.2, 0) is 27.7 Å². The van der Waals surface area contributed by atoms with Crippen LogP contribution in [0.1, 0.15) is 37.0 Å². The van der Waals surface area contributed by atoms with Crippen LogP contribution in [0.15, 0.2) is 93.3 Å². The Morgan fingerprint density at radius 3 is 2.32 bits per heavy atom. The molecule has 28 heavy (non-hydrogen) atoms. The molecule has 0 fully saturated rings. The molecule has 0 aromatic heterocycles. The molecule has 0 saturated carbocycles. The molecule has 3 aromatic rings. The number of hydrogen-bond donors (Lipinski definition) is 0. The summed E-state index contributed by atoms with van der Waals surface area (Å²) < 4.78 is 6.02. The second-order valence-corrected chi connectivity index (χ2v) is 13.2. The van der Waals surface area contributed by atoms with Crippen LogP contribution in [0, 0.1) is 0 Å². The predicted octanol–water partition coefficient (Wildman–Crippen LogP) is 5.98. The summed E-state index contributed by atoms with van der Waals surface area (Å²) in [6.45, 7) is 4.67. The van der Waals surface area contributed by atoms with Crippen LogP contribution >= 0.6 is 0 Å². The molecule has 2 aliphatic rings. The van der Waals surface area contributed by atoms with Crippen molar-refractivity contribution in [3.63, 3.8) is 0 Å². The van der Waals surface area contributed by atoms with Crippen LogP contribution in [0.3, 0.4) is 0 Å². The standard InChI is InChI=1S/C13H9.C7H9.C7H6.Zr/c1-3-7-12-10(5-1)9-11-6-2-4-8-13(11)12;1-6-3-4-7(2)5-6;1-7-5-3-2-4-6-7;/h1-5,7-8H,9H2;3H,4H2,1-2H3;1-6H;. The first-order valence-corrected chi connectivity index (χ1v) is 13.9. The third kappa shape index (κ3) is 3.07. The summed E-state index contributed by atoms with van der Waals surface area (Å²) in [5.74, 6) is 0. The van der Waals surface area contributed by atoms with E-state index in [2.05, 4.69) is 96.4 Å². The Morgan fingerprint density at radius 2 is 1.54 bits per heavy atom. The molecular weight excluding hydrogens is 416 g/mol.